The second kappa shape index (κ2) is 9.26. The molecule has 1 aromatic carbocycles. The molecule has 3 nitrogen and oxygen atoms in total. The molecule has 0 aliphatic rings. The van der Waals surface area contributed by atoms with Gasteiger partial charge in [-0.05, 0) is 49.5 Å². The molecule has 1 atom stereocenters. The fourth-order valence-electron chi connectivity index (χ4n) is 2.20. The minimum Gasteiger partial charge on any atom is -0.417 e. The maximum Gasteiger partial charge on any atom is 0.191 e. The highest BCUT2D eigenvalue weighted by Crippen LogP contribution is 2.36. The Morgan fingerprint density at radius 3 is 2.44 bits per heavy atom. The van der Waals surface area contributed by atoms with Crippen molar-refractivity contribution in [2.75, 3.05) is 6.61 Å². The fourth-order valence-corrected chi connectivity index (χ4v) is 3.79. The normalized spacial score (nSPS) is 14.5. The molecule has 0 spiro atoms. The molecule has 0 saturated carbocycles. The maximum atomic E-state index is 12.0. The topological polar surface area (TPSA) is 46.5 Å². The molecule has 0 heterocycles. The lowest BCUT2D eigenvalue weighted by Crippen LogP contribution is -2.40. The zero-order valence-corrected chi connectivity index (χ0v) is 18.8. The summed E-state index contributed by atoms with van der Waals surface area (Å²) < 4.78 is 6.96. The summed E-state index contributed by atoms with van der Waals surface area (Å²) in [5.74, 6) is -0.103. The van der Waals surface area contributed by atoms with Gasteiger partial charge in [0.15, 0.2) is 14.1 Å². The number of rotatable bonds is 8. The van der Waals surface area contributed by atoms with Crippen LogP contribution >= 0.6 is 15.9 Å². The van der Waals surface area contributed by atoms with E-state index in [4.69, 9.17) is 4.43 Å². The van der Waals surface area contributed by atoms with Crippen LogP contribution < -0.4 is 0 Å². The second-order valence-corrected chi connectivity index (χ2v) is 13.6. The number of ketones is 1. The number of halogens is 1. The lowest BCUT2D eigenvalue weighted by atomic mass is 9.97. The van der Waals surface area contributed by atoms with Crippen molar-refractivity contribution in [3.8, 4) is 0 Å². The average Bonchev–Trinajstić information content (AvgIpc) is 2.49. The van der Waals surface area contributed by atoms with Crippen LogP contribution in [0.4, 0.5) is 0 Å². The van der Waals surface area contributed by atoms with E-state index in [2.05, 4.69) is 49.8 Å². The van der Waals surface area contributed by atoms with Gasteiger partial charge in [-0.1, -0.05) is 61.0 Å². The lowest BCUT2D eigenvalue weighted by molar-refractivity contribution is -0.114. The maximum absolute atomic E-state index is 12.0. The molecule has 0 radical (unpaired) electrons. The van der Waals surface area contributed by atoms with Gasteiger partial charge in [0.2, 0.25) is 0 Å². The molecule has 0 aliphatic carbocycles. The summed E-state index contributed by atoms with van der Waals surface area (Å²) in [6.07, 6.45) is 2.49. The molecule has 1 aromatic rings. The van der Waals surface area contributed by atoms with E-state index in [9.17, 15) is 9.90 Å². The minimum atomic E-state index is -1.73. The van der Waals surface area contributed by atoms with Gasteiger partial charge in [0.1, 0.15) is 6.10 Å². The van der Waals surface area contributed by atoms with Crippen molar-refractivity contribution in [2.45, 2.75) is 64.8 Å². The van der Waals surface area contributed by atoms with E-state index in [1.807, 2.05) is 30.3 Å². The van der Waals surface area contributed by atoms with Gasteiger partial charge in [-0.15, -0.1) is 0 Å². The monoisotopic (exact) mass is 426 g/mol. The molecule has 25 heavy (non-hydrogen) atoms. The highest BCUT2D eigenvalue weighted by molar-refractivity contribution is 9.10. The molecule has 140 valence electrons. The molecular weight excluding hydrogens is 396 g/mol. The smallest absolute Gasteiger partial charge is 0.191 e. The summed E-state index contributed by atoms with van der Waals surface area (Å²) in [6.45, 7) is 13.3. The van der Waals surface area contributed by atoms with Crippen molar-refractivity contribution in [2.24, 2.45) is 0 Å². The van der Waals surface area contributed by atoms with Crippen molar-refractivity contribution < 1.29 is 14.3 Å². The molecule has 5 heteroatoms. The Hall–Kier alpha value is -0.753. The van der Waals surface area contributed by atoms with Gasteiger partial charge in [0.05, 0.1) is 0 Å². The first-order valence-corrected chi connectivity index (χ1v) is 12.4. The predicted octanol–water partition coefficient (Wildman–Crippen LogP) is 5.80. The number of allylic oxidation sites excluding steroid dienone is 1. The predicted molar refractivity (Wildman–Crippen MR) is 110 cm³/mol. The van der Waals surface area contributed by atoms with E-state index in [-0.39, 0.29) is 10.8 Å². The van der Waals surface area contributed by atoms with E-state index in [0.717, 1.165) is 10.9 Å². The third-order valence-corrected chi connectivity index (χ3v) is 10.1. The molecule has 0 amide bonds. The van der Waals surface area contributed by atoms with Crippen LogP contribution in [-0.2, 0) is 9.22 Å². The molecule has 0 saturated heterocycles. The summed E-state index contributed by atoms with van der Waals surface area (Å²) >= 11 is 3.43. The third kappa shape index (κ3) is 6.48. The first kappa shape index (κ1) is 22.3. The number of aliphatic hydroxyl groups is 1. The number of hydrogen-bond donors (Lipinski definition) is 1. The van der Waals surface area contributed by atoms with Gasteiger partial charge in [-0.2, -0.15) is 0 Å². The van der Waals surface area contributed by atoms with Crippen molar-refractivity contribution in [1.29, 1.82) is 0 Å². The zero-order valence-electron chi connectivity index (χ0n) is 16.2. The van der Waals surface area contributed by atoms with Gasteiger partial charge >= 0.3 is 0 Å². The molecule has 0 fully saturated rings. The Balaban J connectivity index is 2.69. The summed E-state index contributed by atoms with van der Waals surface area (Å²) in [4.78, 5) is 12.0. The number of carbonyl (C=O) groups is 1. The lowest BCUT2D eigenvalue weighted by Gasteiger charge is -2.36. The van der Waals surface area contributed by atoms with E-state index < -0.39 is 14.4 Å². The number of carbonyl (C=O) groups excluding carboxylic acids is 1. The number of unbranched alkanes of at least 4 members (excludes halogenated alkanes) is 1. The van der Waals surface area contributed by atoms with Crippen LogP contribution in [0.25, 0.3) is 0 Å². The van der Waals surface area contributed by atoms with Crippen molar-refractivity contribution in [3.05, 3.63) is 46.0 Å². The van der Waals surface area contributed by atoms with Crippen molar-refractivity contribution >= 4 is 30.0 Å². The molecule has 0 aromatic heterocycles. The van der Waals surface area contributed by atoms with Gasteiger partial charge in [-0.3, -0.25) is 4.79 Å². The first-order valence-electron chi connectivity index (χ1n) is 8.75. The molecule has 0 unspecified atom stereocenters. The zero-order chi connectivity index (χ0) is 19.3. The summed E-state index contributed by atoms with van der Waals surface area (Å²) in [5.41, 5.74) is 1.15. The van der Waals surface area contributed by atoms with Crippen LogP contribution in [0.5, 0.6) is 0 Å². The average molecular weight is 427 g/mol. The minimum absolute atomic E-state index is 0.103. The van der Waals surface area contributed by atoms with Gasteiger partial charge in [-0.25, -0.2) is 0 Å². The van der Waals surface area contributed by atoms with Crippen molar-refractivity contribution in [3.63, 3.8) is 0 Å². The molecular formula is C20H31BrO3Si. The van der Waals surface area contributed by atoms with E-state index in [1.165, 1.54) is 6.92 Å². The van der Waals surface area contributed by atoms with Gasteiger partial charge in [0, 0.05) is 16.7 Å². The fraction of sp³-hybridized carbons (Fsp3) is 0.550. The van der Waals surface area contributed by atoms with E-state index >= 15 is 0 Å². The highest BCUT2D eigenvalue weighted by atomic mass is 79.9. The number of aliphatic hydroxyl groups excluding tert-OH is 1. The molecule has 0 aliphatic heterocycles. The summed E-state index contributed by atoms with van der Waals surface area (Å²) in [6, 6.07) is 7.43. The van der Waals surface area contributed by atoms with Crippen LogP contribution in [0.1, 0.15) is 52.2 Å². The molecule has 1 rings (SSSR count). The Morgan fingerprint density at radius 2 is 1.92 bits per heavy atom. The quantitative estimate of drug-likeness (QED) is 0.324. The highest BCUT2D eigenvalue weighted by Gasteiger charge is 2.36. The van der Waals surface area contributed by atoms with Gasteiger partial charge < -0.3 is 9.53 Å². The Kier molecular flexibility index (Phi) is 8.26. The second-order valence-electron chi connectivity index (χ2n) is 7.89. The third-order valence-electron chi connectivity index (χ3n) is 4.88. The standard InChI is InChI=1S/C20H31BrO3Si/c1-15(22)16(19(23)17-12-7-8-13-18(17)21)11-9-10-14-24-25(5,6)20(2,3)4/h7-8,11-13,19,23H,9-10,14H2,1-6H3/b16-11+/t19-/m1/s1. The Morgan fingerprint density at radius 1 is 1.32 bits per heavy atom. The Bertz CT molecular complexity index is 618. The Labute approximate surface area is 161 Å². The molecule has 0 bridgehead atoms. The van der Waals surface area contributed by atoms with E-state index in [1.54, 1.807) is 0 Å². The summed E-state index contributed by atoms with van der Waals surface area (Å²) in [5, 5.41) is 10.8. The van der Waals surface area contributed by atoms with Gasteiger partial charge in [0.25, 0.3) is 0 Å². The van der Waals surface area contributed by atoms with Crippen LogP contribution in [0.15, 0.2) is 40.4 Å². The van der Waals surface area contributed by atoms with Crippen LogP contribution in [0.2, 0.25) is 18.1 Å². The van der Waals surface area contributed by atoms with E-state index in [0.29, 0.717) is 24.2 Å². The first-order chi connectivity index (χ1) is 11.5. The van der Waals surface area contributed by atoms with Crippen LogP contribution in [0.3, 0.4) is 0 Å². The largest absolute Gasteiger partial charge is 0.417 e. The van der Waals surface area contributed by atoms with Crippen LogP contribution in [0, 0.1) is 0 Å². The SMILES string of the molecule is CC(=O)/C(=C\CCCO[Si](C)(C)C(C)(C)C)[C@@H](O)c1ccccc1Br. The number of Topliss-reactive ketones (excluding diaryl/α,β-unsaturated/α-hetero) is 1. The summed E-state index contributed by atoms with van der Waals surface area (Å²) in [7, 11) is -1.73. The molecule has 1 N–H and O–H groups in total. The van der Waals surface area contributed by atoms with Crippen LogP contribution in [-0.4, -0.2) is 25.8 Å². The number of hydrogen-bond acceptors (Lipinski definition) is 3. The number of benzene rings is 1. The van der Waals surface area contributed by atoms with Crippen molar-refractivity contribution in [1.82, 2.24) is 0 Å².